The first-order valence-electron chi connectivity index (χ1n) is 5.52. The molecule has 0 spiro atoms. The zero-order valence-electron chi connectivity index (χ0n) is 10.0. The molecule has 19 heavy (non-hydrogen) atoms. The second-order valence-electron chi connectivity index (χ2n) is 4.10. The number of rotatable bonds is 2. The van der Waals surface area contributed by atoms with E-state index in [2.05, 4.69) is 10.3 Å². The van der Waals surface area contributed by atoms with Gasteiger partial charge in [-0.3, -0.25) is 9.59 Å². The minimum absolute atomic E-state index is 0.140. The number of aromatic amines is 1. The van der Waals surface area contributed by atoms with E-state index in [-0.39, 0.29) is 28.9 Å². The average molecular weight is 306 g/mol. The normalized spacial score (nSPS) is 21.2. The highest BCUT2D eigenvalue weighted by Gasteiger charge is 2.35. The molecule has 0 saturated carbocycles. The molecule has 1 aliphatic heterocycles. The van der Waals surface area contributed by atoms with Gasteiger partial charge in [-0.15, -0.1) is 0 Å². The Balaban J connectivity index is 2.44. The second-order valence-corrected chi connectivity index (χ2v) is 6.39. The Bertz CT molecular complexity index is 670. The lowest BCUT2D eigenvalue weighted by Crippen LogP contribution is -2.55. The van der Waals surface area contributed by atoms with Crippen molar-refractivity contribution in [3.63, 3.8) is 0 Å². The van der Waals surface area contributed by atoms with Crippen molar-refractivity contribution in [1.29, 1.82) is 0 Å². The number of hydrogen-bond acceptors (Lipinski definition) is 4. The monoisotopic (exact) mass is 305 g/mol. The molecule has 1 unspecified atom stereocenters. The van der Waals surface area contributed by atoms with Crippen molar-refractivity contribution in [1.82, 2.24) is 14.6 Å². The smallest absolute Gasteiger partial charge is 0.266 e. The van der Waals surface area contributed by atoms with Gasteiger partial charge in [-0.2, -0.15) is 4.31 Å². The first-order chi connectivity index (χ1) is 8.84. The lowest BCUT2D eigenvalue weighted by molar-refractivity contribution is -0.126. The van der Waals surface area contributed by atoms with Gasteiger partial charge in [0.25, 0.3) is 5.56 Å². The van der Waals surface area contributed by atoms with Crippen molar-refractivity contribution < 1.29 is 13.2 Å². The molecule has 7 nitrogen and oxygen atoms in total. The standard InChI is InChI=1S/C10H12ClN3O4S/c1-6-9(15)12-2-3-14(6)19(17,18)7-4-8(11)10(16)13-5-7/h4-6H,2-3H2,1H3,(H,12,15)(H,13,16). The van der Waals surface area contributed by atoms with Gasteiger partial charge < -0.3 is 10.3 Å². The van der Waals surface area contributed by atoms with Crippen molar-refractivity contribution in [2.45, 2.75) is 17.9 Å². The predicted molar refractivity (Wildman–Crippen MR) is 68.4 cm³/mol. The molecule has 0 aliphatic carbocycles. The van der Waals surface area contributed by atoms with E-state index in [0.717, 1.165) is 16.6 Å². The van der Waals surface area contributed by atoms with Crippen molar-refractivity contribution in [3.8, 4) is 0 Å². The summed E-state index contributed by atoms with van der Waals surface area (Å²) in [6.07, 6.45) is 1.07. The lowest BCUT2D eigenvalue weighted by Gasteiger charge is -2.31. The maximum absolute atomic E-state index is 12.4. The van der Waals surface area contributed by atoms with Gasteiger partial charge in [-0.25, -0.2) is 8.42 Å². The molecule has 1 fully saturated rings. The largest absolute Gasteiger partial charge is 0.353 e. The first-order valence-corrected chi connectivity index (χ1v) is 7.33. The molecular formula is C10H12ClN3O4S. The Morgan fingerprint density at radius 3 is 2.74 bits per heavy atom. The zero-order chi connectivity index (χ0) is 14.2. The number of nitrogens with one attached hydrogen (secondary N) is 2. The highest BCUT2D eigenvalue weighted by molar-refractivity contribution is 7.89. The summed E-state index contributed by atoms with van der Waals surface area (Å²) in [5.41, 5.74) is -0.565. The summed E-state index contributed by atoms with van der Waals surface area (Å²) in [6.45, 7) is 1.92. The Hall–Kier alpha value is -1.38. The maximum Gasteiger partial charge on any atom is 0.266 e. The fourth-order valence-corrected chi connectivity index (χ4v) is 3.64. The predicted octanol–water partition coefficient (Wildman–Crippen LogP) is -0.463. The van der Waals surface area contributed by atoms with Crippen LogP contribution in [0.4, 0.5) is 0 Å². The fourth-order valence-electron chi connectivity index (χ4n) is 1.81. The SMILES string of the molecule is CC1C(=O)NCCN1S(=O)(=O)c1c[nH]c(=O)c(Cl)c1. The van der Waals surface area contributed by atoms with Gasteiger partial charge >= 0.3 is 0 Å². The van der Waals surface area contributed by atoms with Crippen LogP contribution in [0.15, 0.2) is 22.0 Å². The zero-order valence-corrected chi connectivity index (χ0v) is 11.6. The van der Waals surface area contributed by atoms with Gasteiger partial charge in [-0.1, -0.05) is 11.6 Å². The minimum atomic E-state index is -3.87. The summed E-state index contributed by atoms with van der Waals surface area (Å²) in [6, 6.07) is 0.277. The van der Waals surface area contributed by atoms with Crippen LogP contribution in [-0.4, -0.2) is 42.7 Å². The highest BCUT2D eigenvalue weighted by Crippen LogP contribution is 2.20. The highest BCUT2D eigenvalue weighted by atomic mass is 35.5. The number of pyridine rings is 1. The van der Waals surface area contributed by atoms with E-state index >= 15 is 0 Å². The molecule has 1 atom stereocenters. The number of carbonyl (C=O) groups is 1. The van der Waals surface area contributed by atoms with Crippen LogP contribution < -0.4 is 10.9 Å². The Labute approximate surface area is 114 Å². The molecular weight excluding hydrogens is 294 g/mol. The third-order valence-corrected chi connectivity index (χ3v) is 5.11. The lowest BCUT2D eigenvalue weighted by atomic mass is 10.2. The number of halogens is 1. The van der Waals surface area contributed by atoms with E-state index in [1.807, 2.05) is 0 Å². The summed E-state index contributed by atoms with van der Waals surface area (Å²) < 4.78 is 25.8. The van der Waals surface area contributed by atoms with Crippen molar-refractivity contribution in [3.05, 3.63) is 27.6 Å². The maximum atomic E-state index is 12.4. The van der Waals surface area contributed by atoms with Gasteiger partial charge in [0.2, 0.25) is 15.9 Å². The van der Waals surface area contributed by atoms with Gasteiger partial charge in [0, 0.05) is 19.3 Å². The van der Waals surface area contributed by atoms with E-state index < -0.39 is 21.6 Å². The third-order valence-electron chi connectivity index (χ3n) is 2.88. The first kappa shape index (κ1) is 14.0. The quantitative estimate of drug-likeness (QED) is 0.772. The number of H-pyrrole nitrogens is 1. The number of piperazine rings is 1. The van der Waals surface area contributed by atoms with Gasteiger partial charge in [0.15, 0.2) is 0 Å². The van der Waals surface area contributed by atoms with Gasteiger partial charge in [-0.05, 0) is 13.0 Å². The summed E-state index contributed by atoms with van der Waals surface area (Å²) in [7, 11) is -3.87. The van der Waals surface area contributed by atoms with E-state index in [0.29, 0.717) is 0 Å². The van der Waals surface area contributed by atoms with Crippen LogP contribution in [0.5, 0.6) is 0 Å². The third kappa shape index (κ3) is 2.51. The fraction of sp³-hybridized carbons (Fsp3) is 0.400. The van der Waals surface area contributed by atoms with Gasteiger partial charge in [0.1, 0.15) is 11.1 Å². The number of sulfonamides is 1. The average Bonchev–Trinajstić information content (AvgIpc) is 2.35. The topological polar surface area (TPSA) is 99.3 Å². The molecule has 9 heteroatoms. The number of aromatic nitrogens is 1. The second kappa shape index (κ2) is 4.95. The number of nitrogens with zero attached hydrogens (tertiary/aromatic N) is 1. The molecule has 2 N–H and O–H groups in total. The van der Waals surface area contributed by atoms with Crippen LogP contribution in [0.3, 0.4) is 0 Å². The molecule has 104 valence electrons. The molecule has 2 heterocycles. The molecule has 1 amide bonds. The molecule has 0 radical (unpaired) electrons. The van der Waals surface area contributed by atoms with Gasteiger partial charge in [0.05, 0.1) is 4.90 Å². The van der Waals surface area contributed by atoms with Crippen LogP contribution >= 0.6 is 11.6 Å². The molecule has 0 bridgehead atoms. The molecule has 2 rings (SSSR count). The number of hydrogen-bond donors (Lipinski definition) is 2. The number of amides is 1. The summed E-state index contributed by atoms with van der Waals surface area (Å²) >= 11 is 5.62. The molecule has 1 aliphatic rings. The van der Waals surface area contributed by atoms with Crippen LogP contribution in [0.2, 0.25) is 5.02 Å². The van der Waals surface area contributed by atoms with Crippen LogP contribution in [-0.2, 0) is 14.8 Å². The van der Waals surface area contributed by atoms with Crippen LogP contribution in [0.25, 0.3) is 0 Å². The molecule has 1 aromatic rings. The van der Waals surface area contributed by atoms with E-state index in [1.165, 1.54) is 6.92 Å². The summed E-state index contributed by atoms with van der Waals surface area (Å²) in [5.74, 6) is -0.356. The minimum Gasteiger partial charge on any atom is -0.353 e. The van der Waals surface area contributed by atoms with Crippen LogP contribution in [0.1, 0.15) is 6.92 Å². The van der Waals surface area contributed by atoms with Crippen LogP contribution in [0, 0.1) is 0 Å². The Morgan fingerprint density at radius 1 is 1.42 bits per heavy atom. The van der Waals surface area contributed by atoms with E-state index in [9.17, 15) is 18.0 Å². The van der Waals surface area contributed by atoms with Crippen molar-refractivity contribution in [2.75, 3.05) is 13.1 Å². The van der Waals surface area contributed by atoms with Crippen molar-refractivity contribution >= 4 is 27.5 Å². The molecule has 0 aromatic carbocycles. The summed E-state index contributed by atoms with van der Waals surface area (Å²) in [5, 5.41) is 2.36. The Morgan fingerprint density at radius 2 is 2.11 bits per heavy atom. The summed E-state index contributed by atoms with van der Waals surface area (Å²) in [4.78, 5) is 24.7. The molecule has 1 saturated heterocycles. The molecule has 1 aromatic heterocycles. The Kier molecular flexibility index (Phi) is 3.66. The van der Waals surface area contributed by atoms with Crippen molar-refractivity contribution in [2.24, 2.45) is 0 Å². The van der Waals surface area contributed by atoms with E-state index in [1.54, 1.807) is 0 Å². The van der Waals surface area contributed by atoms with E-state index in [4.69, 9.17) is 11.6 Å². The number of carbonyl (C=O) groups excluding carboxylic acids is 1.